The number of hydrogen-bond acceptors (Lipinski definition) is 3. The van der Waals surface area contributed by atoms with Gasteiger partial charge in [0.2, 0.25) is 0 Å². The summed E-state index contributed by atoms with van der Waals surface area (Å²) in [6.07, 6.45) is 0.591. The molecule has 3 heteroatoms. The van der Waals surface area contributed by atoms with Crippen molar-refractivity contribution in [1.82, 2.24) is 0 Å². The van der Waals surface area contributed by atoms with Crippen molar-refractivity contribution in [3.63, 3.8) is 0 Å². The van der Waals surface area contributed by atoms with E-state index in [0.29, 0.717) is 0 Å². The van der Waals surface area contributed by atoms with Crippen LogP contribution in [-0.2, 0) is 16.1 Å². The maximum atomic E-state index is 11.2. The fraction of sp³-hybridized carbons (Fsp3) is 0.250. The summed E-state index contributed by atoms with van der Waals surface area (Å²) in [5.41, 5.74) is 0.900. The molecule has 0 aliphatic rings. The van der Waals surface area contributed by atoms with Gasteiger partial charge in [-0.15, -0.1) is 6.58 Å². The molecule has 0 saturated heterocycles. The monoisotopic (exact) mass is 206 g/mol. The van der Waals surface area contributed by atoms with Gasteiger partial charge in [0.1, 0.15) is 6.61 Å². The lowest BCUT2D eigenvalue weighted by Gasteiger charge is -2.08. The van der Waals surface area contributed by atoms with Gasteiger partial charge in [-0.05, 0) is 5.56 Å². The number of aliphatic hydroxyl groups excluding tert-OH is 1. The van der Waals surface area contributed by atoms with Gasteiger partial charge in [-0.25, -0.2) is 4.79 Å². The van der Waals surface area contributed by atoms with E-state index in [-0.39, 0.29) is 13.0 Å². The Balaban J connectivity index is 2.37. The highest BCUT2D eigenvalue weighted by molar-refractivity contribution is 5.74. The van der Waals surface area contributed by atoms with Gasteiger partial charge >= 0.3 is 5.97 Å². The SMILES string of the molecule is C=CC[C@@H](O)C(=O)OCc1ccccc1. The molecular weight excluding hydrogens is 192 g/mol. The maximum Gasteiger partial charge on any atom is 0.335 e. The first-order chi connectivity index (χ1) is 7.24. The highest BCUT2D eigenvalue weighted by atomic mass is 16.5. The molecule has 0 heterocycles. The van der Waals surface area contributed by atoms with Crippen molar-refractivity contribution in [3.8, 4) is 0 Å². The van der Waals surface area contributed by atoms with E-state index < -0.39 is 12.1 Å². The molecule has 1 aromatic carbocycles. The van der Waals surface area contributed by atoms with Crippen LogP contribution in [0, 0.1) is 0 Å². The Morgan fingerprint density at radius 2 is 2.13 bits per heavy atom. The number of carbonyl (C=O) groups is 1. The van der Waals surface area contributed by atoms with Crippen molar-refractivity contribution >= 4 is 5.97 Å². The first kappa shape index (κ1) is 11.5. The molecule has 15 heavy (non-hydrogen) atoms. The summed E-state index contributed by atoms with van der Waals surface area (Å²) in [5, 5.41) is 9.25. The zero-order chi connectivity index (χ0) is 11.1. The van der Waals surface area contributed by atoms with E-state index in [0.717, 1.165) is 5.56 Å². The third-order valence-corrected chi connectivity index (χ3v) is 1.89. The van der Waals surface area contributed by atoms with E-state index in [9.17, 15) is 9.90 Å². The average molecular weight is 206 g/mol. The number of carbonyl (C=O) groups excluding carboxylic acids is 1. The van der Waals surface area contributed by atoms with E-state index >= 15 is 0 Å². The van der Waals surface area contributed by atoms with E-state index in [1.807, 2.05) is 30.3 Å². The van der Waals surface area contributed by atoms with E-state index in [1.54, 1.807) is 0 Å². The highest BCUT2D eigenvalue weighted by Crippen LogP contribution is 2.03. The third-order valence-electron chi connectivity index (χ3n) is 1.89. The van der Waals surface area contributed by atoms with Gasteiger partial charge < -0.3 is 9.84 Å². The molecule has 0 aliphatic heterocycles. The van der Waals surface area contributed by atoms with Crippen molar-refractivity contribution in [2.45, 2.75) is 19.1 Å². The van der Waals surface area contributed by atoms with Crippen LogP contribution in [0.2, 0.25) is 0 Å². The minimum Gasteiger partial charge on any atom is -0.459 e. The molecule has 1 atom stereocenters. The smallest absolute Gasteiger partial charge is 0.335 e. The molecular formula is C12H14O3. The van der Waals surface area contributed by atoms with Crippen LogP contribution in [0.4, 0.5) is 0 Å². The Labute approximate surface area is 89.0 Å². The van der Waals surface area contributed by atoms with Gasteiger partial charge in [0.25, 0.3) is 0 Å². The first-order valence-corrected chi connectivity index (χ1v) is 4.73. The summed E-state index contributed by atoms with van der Waals surface area (Å²) in [6, 6.07) is 9.32. The van der Waals surface area contributed by atoms with E-state index in [1.165, 1.54) is 6.08 Å². The number of hydrogen-bond donors (Lipinski definition) is 1. The quantitative estimate of drug-likeness (QED) is 0.588. The molecule has 80 valence electrons. The number of aliphatic hydroxyl groups is 1. The predicted octanol–water partition coefficient (Wildman–Crippen LogP) is 1.67. The standard InChI is InChI=1S/C12H14O3/c1-2-6-11(13)12(14)15-9-10-7-4-3-5-8-10/h2-5,7-8,11,13H,1,6,9H2/t11-/m1/s1. The second-order valence-electron chi connectivity index (χ2n) is 3.13. The second kappa shape index (κ2) is 5.98. The van der Waals surface area contributed by atoms with Crippen LogP contribution in [0.3, 0.4) is 0 Å². The topological polar surface area (TPSA) is 46.5 Å². The Hall–Kier alpha value is -1.61. The van der Waals surface area contributed by atoms with Gasteiger partial charge in [-0.1, -0.05) is 36.4 Å². The summed E-state index contributed by atoms with van der Waals surface area (Å²) in [7, 11) is 0. The summed E-state index contributed by atoms with van der Waals surface area (Å²) in [6.45, 7) is 3.62. The van der Waals surface area contributed by atoms with Crippen LogP contribution < -0.4 is 0 Å². The van der Waals surface area contributed by atoms with Crippen LogP contribution in [0.5, 0.6) is 0 Å². The number of benzene rings is 1. The lowest BCUT2D eigenvalue weighted by atomic mass is 10.2. The van der Waals surface area contributed by atoms with E-state index in [2.05, 4.69) is 6.58 Å². The normalized spacial score (nSPS) is 11.8. The van der Waals surface area contributed by atoms with Crippen LogP contribution in [0.25, 0.3) is 0 Å². The summed E-state index contributed by atoms with van der Waals surface area (Å²) in [5.74, 6) is -0.612. The van der Waals surface area contributed by atoms with Crippen LogP contribution in [0.15, 0.2) is 43.0 Å². The van der Waals surface area contributed by atoms with Gasteiger partial charge in [0, 0.05) is 6.42 Å². The summed E-state index contributed by atoms with van der Waals surface area (Å²) >= 11 is 0. The molecule has 3 nitrogen and oxygen atoms in total. The van der Waals surface area contributed by atoms with E-state index in [4.69, 9.17) is 4.74 Å². The molecule has 0 amide bonds. The Kier molecular flexibility index (Phi) is 4.57. The predicted molar refractivity (Wildman–Crippen MR) is 57.1 cm³/mol. The zero-order valence-corrected chi connectivity index (χ0v) is 8.43. The molecule has 0 radical (unpaired) electrons. The Bertz CT molecular complexity index is 319. The first-order valence-electron chi connectivity index (χ1n) is 4.73. The number of esters is 1. The van der Waals surface area contributed by atoms with Crippen molar-refractivity contribution < 1.29 is 14.6 Å². The van der Waals surface area contributed by atoms with Crippen molar-refractivity contribution in [3.05, 3.63) is 48.6 Å². The number of ether oxygens (including phenoxy) is 1. The Morgan fingerprint density at radius 3 is 2.73 bits per heavy atom. The van der Waals surface area contributed by atoms with Crippen molar-refractivity contribution in [1.29, 1.82) is 0 Å². The van der Waals surface area contributed by atoms with Crippen LogP contribution >= 0.6 is 0 Å². The molecule has 0 spiro atoms. The molecule has 1 aromatic rings. The lowest BCUT2D eigenvalue weighted by Crippen LogP contribution is -2.22. The minimum atomic E-state index is -1.11. The molecule has 1 N–H and O–H groups in total. The zero-order valence-electron chi connectivity index (χ0n) is 8.43. The Morgan fingerprint density at radius 1 is 1.47 bits per heavy atom. The van der Waals surface area contributed by atoms with Crippen LogP contribution in [0.1, 0.15) is 12.0 Å². The van der Waals surface area contributed by atoms with Crippen LogP contribution in [-0.4, -0.2) is 17.2 Å². The van der Waals surface area contributed by atoms with Gasteiger partial charge in [-0.3, -0.25) is 0 Å². The fourth-order valence-corrected chi connectivity index (χ4v) is 1.08. The van der Waals surface area contributed by atoms with Gasteiger partial charge in [-0.2, -0.15) is 0 Å². The lowest BCUT2D eigenvalue weighted by molar-refractivity contribution is -0.154. The summed E-state index contributed by atoms with van der Waals surface area (Å²) in [4.78, 5) is 11.2. The minimum absolute atomic E-state index is 0.188. The fourth-order valence-electron chi connectivity index (χ4n) is 1.08. The number of rotatable bonds is 5. The molecule has 0 aromatic heterocycles. The average Bonchev–Trinajstić information content (AvgIpc) is 2.27. The molecule has 0 unspecified atom stereocenters. The maximum absolute atomic E-state index is 11.2. The molecule has 0 aliphatic carbocycles. The van der Waals surface area contributed by atoms with Gasteiger partial charge in [0.15, 0.2) is 6.10 Å². The molecule has 0 saturated carbocycles. The largest absolute Gasteiger partial charge is 0.459 e. The molecule has 0 bridgehead atoms. The van der Waals surface area contributed by atoms with Crippen molar-refractivity contribution in [2.24, 2.45) is 0 Å². The highest BCUT2D eigenvalue weighted by Gasteiger charge is 2.14. The van der Waals surface area contributed by atoms with Crippen molar-refractivity contribution in [2.75, 3.05) is 0 Å². The molecule has 0 fully saturated rings. The van der Waals surface area contributed by atoms with Gasteiger partial charge in [0.05, 0.1) is 0 Å². The molecule has 1 rings (SSSR count). The third kappa shape index (κ3) is 3.95. The summed E-state index contributed by atoms with van der Waals surface area (Å²) < 4.78 is 4.91. The second-order valence-corrected chi connectivity index (χ2v) is 3.13.